The number of carboxylic acid groups (broad SMARTS) is 1. The first-order valence-electron chi connectivity index (χ1n) is 8.52. The number of hydrogen-bond donors (Lipinski definition) is 4. The molecule has 1 aliphatic heterocycles. The Kier molecular flexibility index (Phi) is 5.89. The number of aryl methyl sites for hydroxylation is 1. The van der Waals surface area contributed by atoms with Crippen molar-refractivity contribution < 1.29 is 29.8 Å². The second-order valence-corrected chi connectivity index (χ2v) is 6.41. The van der Waals surface area contributed by atoms with Crippen LogP contribution in [0.3, 0.4) is 0 Å². The lowest BCUT2D eigenvalue weighted by molar-refractivity contribution is 0.0127. The number of likely N-dealkylation sites (tertiary alicyclic amines) is 1. The molecule has 0 amide bonds. The molecule has 2 heterocycles. The van der Waals surface area contributed by atoms with E-state index in [1.54, 1.807) is 6.20 Å². The first-order valence-corrected chi connectivity index (χ1v) is 8.52. The van der Waals surface area contributed by atoms with E-state index in [4.69, 9.17) is 14.8 Å². The summed E-state index contributed by atoms with van der Waals surface area (Å²) in [6, 6.07) is 4.86. The maximum atomic E-state index is 11.6. The second-order valence-electron chi connectivity index (χ2n) is 6.41. The molecule has 1 saturated heterocycles. The predicted molar refractivity (Wildman–Crippen MR) is 95.5 cm³/mol. The van der Waals surface area contributed by atoms with Crippen molar-refractivity contribution in [3.05, 3.63) is 47.5 Å². The van der Waals surface area contributed by atoms with Gasteiger partial charge in [0, 0.05) is 25.8 Å². The maximum Gasteiger partial charge on any atom is 0.451 e. The van der Waals surface area contributed by atoms with Crippen molar-refractivity contribution in [2.24, 2.45) is 0 Å². The van der Waals surface area contributed by atoms with Crippen LogP contribution in [0.2, 0.25) is 6.32 Å². The summed E-state index contributed by atoms with van der Waals surface area (Å²) < 4.78 is 5.76. The van der Waals surface area contributed by atoms with E-state index in [0.29, 0.717) is 25.2 Å². The van der Waals surface area contributed by atoms with Crippen LogP contribution in [-0.2, 0) is 13.0 Å². The van der Waals surface area contributed by atoms with Gasteiger partial charge in [-0.25, -0.2) is 14.8 Å². The highest BCUT2D eigenvalue weighted by Crippen LogP contribution is 2.34. The summed E-state index contributed by atoms with van der Waals surface area (Å²) in [6.45, 7) is 1.88. The largest absolute Gasteiger partial charge is 0.507 e. The van der Waals surface area contributed by atoms with Gasteiger partial charge in [0.25, 0.3) is 0 Å². The number of carbonyl (C=O) groups is 1. The highest BCUT2D eigenvalue weighted by Gasteiger charge is 2.31. The zero-order chi connectivity index (χ0) is 19.4. The Hall–Kier alpha value is -2.69. The molecule has 3 rings (SSSR count). The minimum absolute atomic E-state index is 0.00650. The normalized spacial score (nSPS) is 14.6. The Balaban J connectivity index is 1.63. The number of rotatable bonds is 8. The van der Waals surface area contributed by atoms with Crippen LogP contribution < -0.4 is 4.74 Å². The minimum atomic E-state index is -1.52. The van der Waals surface area contributed by atoms with Gasteiger partial charge in [-0.3, -0.25) is 4.90 Å². The summed E-state index contributed by atoms with van der Waals surface area (Å²) >= 11 is 0. The highest BCUT2D eigenvalue weighted by atomic mass is 16.5. The van der Waals surface area contributed by atoms with Gasteiger partial charge in [-0.15, -0.1) is 0 Å². The molecule has 1 aromatic carbocycles. The van der Waals surface area contributed by atoms with Gasteiger partial charge in [0.1, 0.15) is 29.5 Å². The minimum Gasteiger partial charge on any atom is -0.507 e. The molecule has 0 saturated carbocycles. The lowest BCUT2D eigenvalue weighted by Crippen LogP contribution is -2.53. The van der Waals surface area contributed by atoms with Gasteiger partial charge in [0.15, 0.2) is 0 Å². The Bertz CT molecular complexity index is 799. The Labute approximate surface area is 156 Å². The van der Waals surface area contributed by atoms with Gasteiger partial charge >= 0.3 is 13.1 Å². The van der Waals surface area contributed by atoms with Crippen LogP contribution in [0.25, 0.3) is 0 Å². The van der Waals surface area contributed by atoms with Gasteiger partial charge < -0.3 is 25.0 Å². The SMILES string of the molecule is O=C(O)c1c(OC2CN(Cc3ccncn3)C2)ccc(CCB(O)O)c1O. The Morgan fingerprint density at radius 3 is 2.70 bits per heavy atom. The average Bonchev–Trinajstić information content (AvgIpc) is 2.59. The van der Waals surface area contributed by atoms with Crippen LogP contribution in [0, 0.1) is 0 Å². The Morgan fingerprint density at radius 1 is 1.30 bits per heavy atom. The molecule has 2 aromatic rings. The Morgan fingerprint density at radius 2 is 2.07 bits per heavy atom. The first-order chi connectivity index (χ1) is 12.9. The third kappa shape index (κ3) is 4.73. The number of benzene rings is 1. The molecule has 0 unspecified atom stereocenters. The zero-order valence-electron chi connectivity index (χ0n) is 14.5. The molecular weight excluding hydrogens is 353 g/mol. The summed E-state index contributed by atoms with van der Waals surface area (Å²) in [7, 11) is -1.52. The van der Waals surface area contributed by atoms with Crippen LogP contribution in [-0.4, -0.2) is 67.4 Å². The molecule has 9 nitrogen and oxygen atoms in total. The summed E-state index contributed by atoms with van der Waals surface area (Å²) in [5, 5.41) is 37.6. The molecule has 1 fully saturated rings. The number of hydrogen-bond acceptors (Lipinski definition) is 8. The van der Waals surface area contributed by atoms with E-state index in [1.165, 1.54) is 18.5 Å². The molecule has 0 aliphatic carbocycles. The molecule has 27 heavy (non-hydrogen) atoms. The number of ether oxygens (including phenoxy) is 1. The van der Waals surface area contributed by atoms with Crippen LogP contribution in [0.5, 0.6) is 11.5 Å². The molecular formula is C17H20BN3O6. The fourth-order valence-electron chi connectivity index (χ4n) is 2.95. The average molecular weight is 373 g/mol. The second kappa shape index (κ2) is 8.34. The van der Waals surface area contributed by atoms with E-state index in [-0.39, 0.29) is 30.2 Å². The molecule has 4 N–H and O–H groups in total. The zero-order valence-corrected chi connectivity index (χ0v) is 14.5. The monoisotopic (exact) mass is 373 g/mol. The first kappa shape index (κ1) is 19.1. The molecule has 0 radical (unpaired) electrons. The summed E-state index contributed by atoms with van der Waals surface area (Å²) in [6.07, 6.45) is 3.11. The van der Waals surface area contributed by atoms with Crippen LogP contribution in [0.1, 0.15) is 21.6 Å². The van der Waals surface area contributed by atoms with Gasteiger partial charge in [-0.05, 0) is 30.4 Å². The van der Waals surface area contributed by atoms with Crippen molar-refractivity contribution in [1.29, 1.82) is 0 Å². The molecule has 1 aliphatic rings. The van der Waals surface area contributed by atoms with E-state index < -0.39 is 18.8 Å². The van der Waals surface area contributed by atoms with E-state index in [1.807, 2.05) is 6.07 Å². The van der Waals surface area contributed by atoms with Crippen molar-refractivity contribution in [2.45, 2.75) is 25.4 Å². The molecule has 1 aromatic heterocycles. The van der Waals surface area contributed by atoms with E-state index in [9.17, 15) is 15.0 Å². The fourth-order valence-corrected chi connectivity index (χ4v) is 2.95. The van der Waals surface area contributed by atoms with E-state index in [2.05, 4.69) is 14.9 Å². The van der Waals surface area contributed by atoms with Crippen molar-refractivity contribution in [3.8, 4) is 11.5 Å². The lowest BCUT2D eigenvalue weighted by Gasteiger charge is -2.39. The predicted octanol–water partition coefficient (Wildman–Crippen LogP) is 0.159. The maximum absolute atomic E-state index is 11.6. The van der Waals surface area contributed by atoms with E-state index >= 15 is 0 Å². The lowest BCUT2D eigenvalue weighted by atomic mass is 9.82. The summed E-state index contributed by atoms with van der Waals surface area (Å²) in [5.74, 6) is -1.61. The van der Waals surface area contributed by atoms with Crippen LogP contribution >= 0.6 is 0 Å². The summed E-state index contributed by atoms with van der Waals surface area (Å²) in [5.41, 5.74) is 0.906. The van der Waals surface area contributed by atoms with Gasteiger partial charge in [0.05, 0.1) is 5.69 Å². The molecule has 0 spiro atoms. The van der Waals surface area contributed by atoms with Crippen molar-refractivity contribution in [1.82, 2.24) is 14.9 Å². The van der Waals surface area contributed by atoms with Crippen LogP contribution in [0.4, 0.5) is 0 Å². The van der Waals surface area contributed by atoms with Crippen molar-refractivity contribution in [2.75, 3.05) is 13.1 Å². The smallest absolute Gasteiger partial charge is 0.451 e. The molecule has 0 bridgehead atoms. The number of aromatic hydroxyl groups is 1. The summed E-state index contributed by atoms with van der Waals surface area (Å²) in [4.78, 5) is 21.7. The standard InChI is InChI=1S/C17H20BN3O6/c22-16-11(3-5-18(25)26)1-2-14(15(16)17(23)24)27-13-8-21(9-13)7-12-4-6-19-10-20-12/h1-2,4,6,10,13,22,25-26H,3,5,7-9H2,(H,23,24). The number of phenols is 1. The number of aromatic nitrogens is 2. The number of carboxylic acids is 1. The number of aromatic carboxylic acids is 1. The molecule has 0 atom stereocenters. The quantitative estimate of drug-likeness (QED) is 0.477. The van der Waals surface area contributed by atoms with Crippen LogP contribution in [0.15, 0.2) is 30.7 Å². The van der Waals surface area contributed by atoms with Gasteiger partial charge in [-0.2, -0.15) is 0 Å². The van der Waals surface area contributed by atoms with Crippen molar-refractivity contribution >= 4 is 13.1 Å². The van der Waals surface area contributed by atoms with Gasteiger partial charge in [0.2, 0.25) is 0 Å². The number of nitrogens with zero attached hydrogens (tertiary/aromatic N) is 3. The van der Waals surface area contributed by atoms with E-state index in [0.717, 1.165) is 5.69 Å². The van der Waals surface area contributed by atoms with Gasteiger partial charge in [-0.1, -0.05) is 6.07 Å². The van der Waals surface area contributed by atoms with Crippen molar-refractivity contribution in [3.63, 3.8) is 0 Å². The molecule has 142 valence electrons. The third-order valence-electron chi connectivity index (χ3n) is 4.36. The molecule has 10 heteroatoms. The third-order valence-corrected chi connectivity index (χ3v) is 4.36. The highest BCUT2D eigenvalue weighted by molar-refractivity contribution is 6.41. The topological polar surface area (TPSA) is 136 Å². The fraction of sp³-hybridized carbons (Fsp3) is 0.353.